The van der Waals surface area contributed by atoms with Gasteiger partial charge in [-0.25, -0.2) is 8.42 Å². The van der Waals surface area contributed by atoms with Crippen molar-refractivity contribution in [1.82, 2.24) is 4.31 Å². The number of sulfonamides is 1. The van der Waals surface area contributed by atoms with E-state index in [-0.39, 0.29) is 6.04 Å². The van der Waals surface area contributed by atoms with Crippen molar-refractivity contribution in [3.8, 4) is 0 Å². The molecule has 16 heavy (non-hydrogen) atoms. The van der Waals surface area contributed by atoms with E-state index in [0.717, 1.165) is 0 Å². The van der Waals surface area contributed by atoms with Crippen molar-refractivity contribution in [2.75, 3.05) is 11.9 Å². The minimum absolute atomic E-state index is 0.0391. The first kappa shape index (κ1) is 13.7. The molecule has 1 aromatic carbocycles. The van der Waals surface area contributed by atoms with Crippen LogP contribution in [0.25, 0.3) is 0 Å². The lowest BCUT2D eigenvalue weighted by Gasteiger charge is -2.25. The number of benzene rings is 1. The number of hydrogen-bond donors (Lipinski definition) is 0. The van der Waals surface area contributed by atoms with Crippen LogP contribution in [0.5, 0.6) is 0 Å². The predicted octanol–water partition coefficient (Wildman–Crippen LogP) is 2.48. The molecule has 90 valence electrons. The second kappa shape index (κ2) is 5.80. The van der Waals surface area contributed by atoms with Crippen LogP contribution in [-0.2, 0) is 10.0 Å². The fraction of sp³-hybridized carbons (Fsp3) is 0.455. The van der Waals surface area contributed by atoms with Gasteiger partial charge in [-0.3, -0.25) is 0 Å². The standard InChI is InChI=1S/C11H16BrNO2S/c1-10(2)13(9-8-12)16(14,15)11-6-4-3-5-7-11/h3-7,10H,8-9H2,1-2H3. The molecule has 0 saturated heterocycles. The summed E-state index contributed by atoms with van der Waals surface area (Å²) in [5.41, 5.74) is 0. The number of halogens is 1. The van der Waals surface area contributed by atoms with E-state index in [4.69, 9.17) is 0 Å². The van der Waals surface area contributed by atoms with E-state index in [1.807, 2.05) is 19.9 Å². The third-order valence-electron chi connectivity index (χ3n) is 2.23. The van der Waals surface area contributed by atoms with Gasteiger partial charge in [0, 0.05) is 17.9 Å². The summed E-state index contributed by atoms with van der Waals surface area (Å²) in [5.74, 6) is 0. The van der Waals surface area contributed by atoms with Gasteiger partial charge in [-0.15, -0.1) is 0 Å². The second-order valence-corrected chi connectivity index (χ2v) is 6.40. The molecular formula is C11H16BrNO2S. The molecule has 0 heterocycles. The largest absolute Gasteiger partial charge is 0.243 e. The Hall–Kier alpha value is -0.390. The Morgan fingerprint density at radius 2 is 1.81 bits per heavy atom. The van der Waals surface area contributed by atoms with Crippen LogP contribution in [0.1, 0.15) is 13.8 Å². The highest BCUT2D eigenvalue weighted by Crippen LogP contribution is 2.17. The fourth-order valence-electron chi connectivity index (χ4n) is 1.47. The lowest BCUT2D eigenvalue weighted by Crippen LogP contribution is -2.38. The molecule has 1 rings (SSSR count). The first-order chi connectivity index (χ1) is 7.50. The number of hydrogen-bond acceptors (Lipinski definition) is 2. The third-order valence-corrected chi connectivity index (χ3v) is 4.67. The molecule has 5 heteroatoms. The summed E-state index contributed by atoms with van der Waals surface area (Å²) in [6, 6.07) is 8.49. The van der Waals surface area contributed by atoms with Gasteiger partial charge in [0.25, 0.3) is 0 Å². The van der Waals surface area contributed by atoms with Gasteiger partial charge >= 0.3 is 0 Å². The Morgan fingerprint density at radius 1 is 1.25 bits per heavy atom. The Kier molecular flexibility index (Phi) is 4.95. The monoisotopic (exact) mass is 305 g/mol. The van der Waals surface area contributed by atoms with Crippen LogP contribution in [0.3, 0.4) is 0 Å². The average Bonchev–Trinajstić information content (AvgIpc) is 2.26. The van der Waals surface area contributed by atoms with Crippen LogP contribution in [-0.4, -0.2) is 30.6 Å². The second-order valence-electron chi connectivity index (χ2n) is 3.71. The first-order valence-corrected chi connectivity index (χ1v) is 7.69. The van der Waals surface area contributed by atoms with Gasteiger partial charge in [-0.05, 0) is 26.0 Å². The minimum Gasteiger partial charge on any atom is -0.207 e. The minimum atomic E-state index is -3.36. The molecule has 3 nitrogen and oxygen atoms in total. The molecule has 0 N–H and O–H groups in total. The van der Waals surface area contributed by atoms with Crippen LogP contribution in [0.2, 0.25) is 0 Å². The van der Waals surface area contributed by atoms with Crippen LogP contribution < -0.4 is 0 Å². The first-order valence-electron chi connectivity index (χ1n) is 5.13. The van der Waals surface area contributed by atoms with Crippen molar-refractivity contribution in [1.29, 1.82) is 0 Å². The Bertz CT molecular complexity index is 417. The summed E-state index contributed by atoms with van der Waals surface area (Å²) in [7, 11) is -3.36. The molecule has 1 aromatic rings. The van der Waals surface area contributed by atoms with Crippen LogP contribution in [0, 0.1) is 0 Å². The van der Waals surface area contributed by atoms with E-state index in [1.54, 1.807) is 24.3 Å². The van der Waals surface area contributed by atoms with E-state index < -0.39 is 10.0 Å². The van der Waals surface area contributed by atoms with Crippen molar-refractivity contribution in [2.45, 2.75) is 24.8 Å². The highest BCUT2D eigenvalue weighted by Gasteiger charge is 2.25. The molecule has 0 radical (unpaired) electrons. The van der Waals surface area contributed by atoms with Crippen LogP contribution in [0.15, 0.2) is 35.2 Å². The van der Waals surface area contributed by atoms with Gasteiger partial charge in [0.1, 0.15) is 0 Å². The third kappa shape index (κ3) is 3.06. The summed E-state index contributed by atoms with van der Waals surface area (Å²) < 4.78 is 26.0. The molecule has 0 aromatic heterocycles. The average molecular weight is 306 g/mol. The normalized spacial score (nSPS) is 12.3. The zero-order valence-corrected chi connectivity index (χ0v) is 11.8. The van der Waals surface area contributed by atoms with Gasteiger partial charge in [0.2, 0.25) is 10.0 Å². The van der Waals surface area contributed by atoms with Gasteiger partial charge in [0.05, 0.1) is 4.90 Å². The summed E-state index contributed by atoms with van der Waals surface area (Å²) in [4.78, 5) is 0.352. The van der Waals surface area contributed by atoms with Crippen molar-refractivity contribution in [3.05, 3.63) is 30.3 Å². The van der Waals surface area contributed by atoms with E-state index in [0.29, 0.717) is 16.8 Å². The van der Waals surface area contributed by atoms with Crippen molar-refractivity contribution in [2.24, 2.45) is 0 Å². The quantitative estimate of drug-likeness (QED) is 0.784. The van der Waals surface area contributed by atoms with Crippen molar-refractivity contribution >= 4 is 26.0 Å². The predicted molar refractivity (Wildman–Crippen MR) is 69.3 cm³/mol. The Morgan fingerprint density at radius 3 is 2.25 bits per heavy atom. The lowest BCUT2D eigenvalue weighted by molar-refractivity contribution is 0.372. The number of alkyl halides is 1. The Balaban J connectivity index is 3.09. The van der Waals surface area contributed by atoms with E-state index in [9.17, 15) is 8.42 Å². The van der Waals surface area contributed by atoms with Crippen molar-refractivity contribution in [3.63, 3.8) is 0 Å². The maximum absolute atomic E-state index is 12.3. The highest BCUT2D eigenvalue weighted by molar-refractivity contribution is 9.09. The summed E-state index contributed by atoms with van der Waals surface area (Å²) in [6.45, 7) is 4.24. The summed E-state index contributed by atoms with van der Waals surface area (Å²) >= 11 is 3.28. The molecule has 0 unspecified atom stereocenters. The van der Waals surface area contributed by atoms with E-state index >= 15 is 0 Å². The fourth-order valence-corrected chi connectivity index (χ4v) is 3.74. The molecule has 0 amide bonds. The molecule has 0 saturated carbocycles. The SMILES string of the molecule is CC(C)N(CCBr)S(=O)(=O)c1ccccc1. The zero-order valence-electron chi connectivity index (χ0n) is 9.43. The molecule has 0 aliphatic heterocycles. The zero-order chi connectivity index (χ0) is 12.2. The van der Waals surface area contributed by atoms with Crippen LogP contribution >= 0.6 is 15.9 Å². The molecule has 0 aliphatic rings. The summed E-state index contributed by atoms with van der Waals surface area (Å²) in [5, 5.41) is 0.636. The molecule has 0 bridgehead atoms. The van der Waals surface area contributed by atoms with Gasteiger partial charge in [0.15, 0.2) is 0 Å². The van der Waals surface area contributed by atoms with Gasteiger partial charge < -0.3 is 0 Å². The maximum atomic E-state index is 12.3. The Labute approximate surface area is 106 Å². The van der Waals surface area contributed by atoms with Crippen LogP contribution in [0.4, 0.5) is 0 Å². The smallest absolute Gasteiger partial charge is 0.207 e. The van der Waals surface area contributed by atoms with E-state index in [2.05, 4.69) is 15.9 Å². The van der Waals surface area contributed by atoms with E-state index in [1.165, 1.54) is 4.31 Å². The molecule has 0 fully saturated rings. The van der Waals surface area contributed by atoms with Gasteiger partial charge in [-0.2, -0.15) is 4.31 Å². The van der Waals surface area contributed by atoms with Crippen molar-refractivity contribution < 1.29 is 8.42 Å². The molecule has 0 aliphatic carbocycles. The number of rotatable bonds is 5. The van der Waals surface area contributed by atoms with Gasteiger partial charge in [-0.1, -0.05) is 34.1 Å². The molecule has 0 atom stereocenters. The summed E-state index contributed by atoms with van der Waals surface area (Å²) in [6.07, 6.45) is 0. The lowest BCUT2D eigenvalue weighted by atomic mass is 10.4. The molecular weight excluding hydrogens is 290 g/mol. The number of nitrogens with zero attached hydrogens (tertiary/aromatic N) is 1. The topological polar surface area (TPSA) is 37.4 Å². The highest BCUT2D eigenvalue weighted by atomic mass is 79.9. The molecule has 0 spiro atoms. The maximum Gasteiger partial charge on any atom is 0.243 e.